The van der Waals surface area contributed by atoms with Gasteiger partial charge in [-0.15, -0.1) is 0 Å². The molecular weight excluding hydrogens is 210 g/mol. The molecule has 1 aliphatic carbocycles. The SMILES string of the molecule is COc1c(N)nsc1NCC1CC1(C)C. The maximum atomic E-state index is 5.66. The normalized spacial score (nSPS) is 22.5. The summed E-state index contributed by atoms with van der Waals surface area (Å²) in [6.07, 6.45) is 1.29. The monoisotopic (exact) mass is 227 g/mol. The lowest BCUT2D eigenvalue weighted by Crippen LogP contribution is -2.06. The second-order valence-corrected chi connectivity index (χ2v) is 5.47. The molecule has 1 fully saturated rings. The maximum absolute atomic E-state index is 5.66. The molecule has 3 N–H and O–H groups in total. The highest BCUT2D eigenvalue weighted by Gasteiger charge is 2.45. The molecule has 5 heteroatoms. The Balaban J connectivity index is 1.94. The minimum atomic E-state index is 0.472. The number of nitrogens with two attached hydrogens (primary N) is 1. The van der Waals surface area contributed by atoms with Gasteiger partial charge in [0.15, 0.2) is 16.6 Å². The largest absolute Gasteiger partial charge is 0.490 e. The number of aromatic nitrogens is 1. The van der Waals surface area contributed by atoms with Gasteiger partial charge in [0.2, 0.25) is 0 Å². The molecule has 84 valence electrons. The Morgan fingerprint density at radius 2 is 2.33 bits per heavy atom. The van der Waals surface area contributed by atoms with Crippen LogP contribution in [-0.2, 0) is 0 Å². The number of ether oxygens (including phenoxy) is 1. The highest BCUT2D eigenvalue weighted by Crippen LogP contribution is 2.51. The van der Waals surface area contributed by atoms with Crippen LogP contribution in [0.5, 0.6) is 5.75 Å². The Bertz CT molecular complexity index is 362. The topological polar surface area (TPSA) is 60.2 Å². The van der Waals surface area contributed by atoms with Gasteiger partial charge in [-0.3, -0.25) is 0 Å². The third-order valence-electron chi connectivity index (χ3n) is 3.10. The Kier molecular flexibility index (Phi) is 2.50. The van der Waals surface area contributed by atoms with E-state index in [1.807, 2.05) is 0 Å². The van der Waals surface area contributed by atoms with Crippen molar-refractivity contribution in [2.45, 2.75) is 20.3 Å². The van der Waals surface area contributed by atoms with Crippen molar-refractivity contribution in [1.29, 1.82) is 0 Å². The molecular formula is C10H17N3OS. The van der Waals surface area contributed by atoms with Gasteiger partial charge in [-0.05, 0) is 29.3 Å². The molecule has 0 amide bonds. The van der Waals surface area contributed by atoms with Crippen LogP contribution in [0.15, 0.2) is 0 Å². The molecule has 1 unspecified atom stereocenters. The van der Waals surface area contributed by atoms with E-state index >= 15 is 0 Å². The third kappa shape index (κ3) is 2.02. The summed E-state index contributed by atoms with van der Waals surface area (Å²) in [5.74, 6) is 1.91. The quantitative estimate of drug-likeness (QED) is 0.827. The van der Waals surface area contributed by atoms with E-state index in [0.29, 0.717) is 17.0 Å². The Hall–Kier alpha value is -0.970. The van der Waals surface area contributed by atoms with Crippen molar-refractivity contribution in [3.8, 4) is 5.75 Å². The van der Waals surface area contributed by atoms with Gasteiger partial charge < -0.3 is 15.8 Å². The Morgan fingerprint density at radius 1 is 1.67 bits per heavy atom. The second kappa shape index (κ2) is 3.56. The van der Waals surface area contributed by atoms with Gasteiger partial charge in [-0.2, -0.15) is 4.37 Å². The van der Waals surface area contributed by atoms with Gasteiger partial charge in [-0.1, -0.05) is 13.8 Å². The van der Waals surface area contributed by atoms with Crippen LogP contribution in [0.3, 0.4) is 0 Å². The van der Waals surface area contributed by atoms with Crippen LogP contribution in [0.25, 0.3) is 0 Å². The van der Waals surface area contributed by atoms with Crippen molar-refractivity contribution in [3.63, 3.8) is 0 Å². The summed E-state index contributed by atoms with van der Waals surface area (Å²) in [5, 5.41) is 4.30. The van der Waals surface area contributed by atoms with Gasteiger partial charge in [-0.25, -0.2) is 0 Å². The minimum absolute atomic E-state index is 0.472. The molecule has 1 aromatic rings. The average molecular weight is 227 g/mol. The van der Waals surface area contributed by atoms with Gasteiger partial charge in [0, 0.05) is 6.54 Å². The van der Waals surface area contributed by atoms with E-state index in [-0.39, 0.29) is 0 Å². The number of nitrogen functional groups attached to an aromatic ring is 1. The fourth-order valence-electron chi connectivity index (χ4n) is 1.74. The molecule has 4 nitrogen and oxygen atoms in total. The van der Waals surface area contributed by atoms with E-state index in [1.54, 1.807) is 7.11 Å². The molecule has 0 saturated heterocycles. The first kappa shape index (κ1) is 10.5. The summed E-state index contributed by atoms with van der Waals surface area (Å²) < 4.78 is 9.24. The maximum Gasteiger partial charge on any atom is 0.197 e. The zero-order valence-corrected chi connectivity index (χ0v) is 10.1. The average Bonchev–Trinajstić information content (AvgIpc) is 2.63. The number of nitrogens with zero attached hydrogens (tertiary/aromatic N) is 1. The second-order valence-electron chi connectivity index (χ2n) is 4.70. The number of rotatable bonds is 4. The van der Waals surface area contributed by atoms with Crippen LogP contribution >= 0.6 is 11.5 Å². The number of hydrogen-bond donors (Lipinski definition) is 2. The van der Waals surface area contributed by atoms with Crippen molar-refractivity contribution in [2.75, 3.05) is 24.7 Å². The predicted molar refractivity (Wildman–Crippen MR) is 63.5 cm³/mol. The highest BCUT2D eigenvalue weighted by atomic mass is 32.1. The molecule has 1 saturated carbocycles. The standard InChI is InChI=1S/C10H17N3OS/c1-10(2)4-6(10)5-12-9-7(14-3)8(11)13-15-9/h6,12H,4-5H2,1-3H3,(H2,11,13). The molecule has 0 radical (unpaired) electrons. The summed E-state index contributed by atoms with van der Waals surface area (Å²) in [4.78, 5) is 0. The fourth-order valence-corrected chi connectivity index (χ4v) is 2.44. The summed E-state index contributed by atoms with van der Waals surface area (Å²) in [6, 6.07) is 0. The molecule has 1 aromatic heterocycles. The number of nitrogens with one attached hydrogen (secondary N) is 1. The van der Waals surface area contributed by atoms with Crippen molar-refractivity contribution in [2.24, 2.45) is 11.3 Å². The molecule has 1 aliphatic rings. The number of methoxy groups -OCH3 is 1. The van der Waals surface area contributed by atoms with E-state index in [2.05, 4.69) is 23.5 Å². The van der Waals surface area contributed by atoms with Crippen molar-refractivity contribution in [1.82, 2.24) is 4.37 Å². The van der Waals surface area contributed by atoms with Crippen LogP contribution in [0.4, 0.5) is 10.8 Å². The lowest BCUT2D eigenvalue weighted by molar-refractivity contribution is 0.419. The van der Waals surface area contributed by atoms with Gasteiger partial charge >= 0.3 is 0 Å². The zero-order chi connectivity index (χ0) is 11.1. The molecule has 1 heterocycles. The smallest absolute Gasteiger partial charge is 0.197 e. The Morgan fingerprint density at radius 3 is 2.87 bits per heavy atom. The van der Waals surface area contributed by atoms with Crippen LogP contribution in [0, 0.1) is 11.3 Å². The molecule has 2 rings (SSSR count). The lowest BCUT2D eigenvalue weighted by atomic mass is 10.1. The van der Waals surface area contributed by atoms with E-state index < -0.39 is 0 Å². The summed E-state index contributed by atoms with van der Waals surface area (Å²) in [7, 11) is 1.62. The zero-order valence-electron chi connectivity index (χ0n) is 9.33. The number of hydrogen-bond acceptors (Lipinski definition) is 5. The van der Waals surface area contributed by atoms with E-state index in [4.69, 9.17) is 10.5 Å². The first-order valence-corrected chi connectivity index (χ1v) is 5.85. The summed E-state index contributed by atoms with van der Waals surface area (Å²) in [6.45, 7) is 5.56. The van der Waals surface area contributed by atoms with Crippen molar-refractivity contribution < 1.29 is 4.74 Å². The van der Waals surface area contributed by atoms with Crippen LogP contribution in [0.1, 0.15) is 20.3 Å². The molecule has 0 aliphatic heterocycles. The van der Waals surface area contributed by atoms with E-state index in [9.17, 15) is 0 Å². The van der Waals surface area contributed by atoms with Crippen molar-refractivity contribution >= 4 is 22.4 Å². The van der Waals surface area contributed by atoms with Gasteiger partial charge in [0.25, 0.3) is 0 Å². The molecule has 15 heavy (non-hydrogen) atoms. The van der Waals surface area contributed by atoms with E-state index in [0.717, 1.165) is 17.5 Å². The van der Waals surface area contributed by atoms with Crippen LogP contribution in [0.2, 0.25) is 0 Å². The Labute approximate surface area is 94.0 Å². The van der Waals surface area contributed by atoms with Crippen molar-refractivity contribution in [3.05, 3.63) is 0 Å². The predicted octanol–water partition coefficient (Wildman–Crippen LogP) is 2.19. The third-order valence-corrected chi connectivity index (χ3v) is 3.91. The molecule has 1 atom stereocenters. The first-order chi connectivity index (χ1) is 7.04. The van der Waals surface area contributed by atoms with Crippen LogP contribution in [-0.4, -0.2) is 18.0 Å². The lowest BCUT2D eigenvalue weighted by Gasteiger charge is -2.06. The summed E-state index contributed by atoms with van der Waals surface area (Å²) >= 11 is 1.36. The fraction of sp³-hybridized carbons (Fsp3) is 0.700. The minimum Gasteiger partial charge on any atom is -0.490 e. The molecule has 0 aromatic carbocycles. The van der Waals surface area contributed by atoms with Gasteiger partial charge in [0.1, 0.15) is 0 Å². The summed E-state index contributed by atoms with van der Waals surface area (Å²) in [5.41, 5.74) is 6.16. The van der Waals surface area contributed by atoms with Crippen LogP contribution < -0.4 is 15.8 Å². The molecule has 0 spiro atoms. The highest BCUT2D eigenvalue weighted by molar-refractivity contribution is 7.11. The first-order valence-electron chi connectivity index (χ1n) is 5.07. The number of anilines is 2. The molecule has 0 bridgehead atoms. The van der Waals surface area contributed by atoms with E-state index in [1.165, 1.54) is 18.0 Å². The van der Waals surface area contributed by atoms with Gasteiger partial charge in [0.05, 0.1) is 7.11 Å².